The van der Waals surface area contributed by atoms with Gasteiger partial charge in [0.15, 0.2) is 22.7 Å². The van der Waals surface area contributed by atoms with E-state index in [-0.39, 0.29) is 28.2 Å². The van der Waals surface area contributed by atoms with Crippen LogP contribution in [-0.4, -0.2) is 91.3 Å². The van der Waals surface area contributed by atoms with Crippen molar-refractivity contribution in [3.05, 3.63) is 0 Å². The van der Waals surface area contributed by atoms with Crippen LogP contribution in [0.5, 0.6) is 0 Å². The van der Waals surface area contributed by atoms with Crippen LogP contribution < -0.4 is 0 Å². The molecule has 10 aliphatic heterocycles. The Morgan fingerprint density at radius 2 is 0.709 bits per heavy atom. The second kappa shape index (κ2) is 16.3. The molecule has 0 fully saturated rings. The number of aliphatic imine (C=N–C) groups is 10. The van der Waals surface area contributed by atoms with Crippen LogP contribution in [-0.2, 0) is 0 Å². The van der Waals surface area contributed by atoms with E-state index in [1.165, 1.54) is 70.0 Å². The molecule has 10 nitrogen and oxygen atoms in total. The summed E-state index contributed by atoms with van der Waals surface area (Å²) >= 11 is 0. The van der Waals surface area contributed by atoms with Gasteiger partial charge >= 0.3 is 0 Å². The predicted octanol–water partition coefficient (Wildman–Crippen LogP) is 10.6. The van der Waals surface area contributed by atoms with Crippen LogP contribution in [0, 0.1) is 11.8 Å². The minimum Gasteiger partial charge on any atom is -0.291 e. The Kier molecular flexibility index (Phi) is 12.7. The highest BCUT2D eigenvalue weighted by Crippen LogP contribution is 2.42. The minimum absolute atomic E-state index is 0.0453. The molecule has 4 spiro atoms. The van der Waals surface area contributed by atoms with Gasteiger partial charge in [-0.2, -0.15) is 0 Å². The van der Waals surface area contributed by atoms with E-state index < -0.39 is 0 Å². The number of nitrogens with zero attached hydrogens (tertiary/aromatic N) is 10. The van der Waals surface area contributed by atoms with E-state index >= 15 is 0 Å². The van der Waals surface area contributed by atoms with Crippen molar-refractivity contribution in [2.45, 2.75) is 215 Å². The van der Waals surface area contributed by atoms with E-state index in [1.807, 2.05) is 0 Å². The Morgan fingerprint density at radius 1 is 0.455 bits per heavy atom. The fourth-order valence-corrected chi connectivity index (χ4v) is 8.98. The van der Waals surface area contributed by atoms with E-state index in [2.05, 4.69) is 154 Å². The molecular formula is C45H72N10. The molecule has 5 atom stereocenters. The average molecular weight is 753 g/mol. The first-order valence-electron chi connectivity index (χ1n) is 21.2. The molecule has 0 aliphatic carbocycles. The van der Waals surface area contributed by atoms with Gasteiger partial charge in [-0.1, -0.05) is 41.5 Å². The lowest BCUT2D eigenvalue weighted by atomic mass is 9.82. The zero-order chi connectivity index (χ0) is 40.6. The Hall–Kier alpha value is -3.30. The molecule has 0 aromatic heterocycles. The van der Waals surface area contributed by atoms with Crippen LogP contribution in [0.25, 0.3) is 0 Å². The maximum Gasteiger partial charge on any atom is 0.160 e. The summed E-state index contributed by atoms with van der Waals surface area (Å²) in [5, 5.41) is 0. The molecule has 0 saturated carbocycles. The van der Waals surface area contributed by atoms with E-state index in [0.717, 1.165) is 64.2 Å². The molecule has 10 aliphatic rings. The summed E-state index contributed by atoms with van der Waals surface area (Å²) in [6.45, 7) is 32.0. The summed E-state index contributed by atoms with van der Waals surface area (Å²) < 4.78 is 0. The lowest BCUT2D eigenvalue weighted by Crippen LogP contribution is -2.47. The molecule has 10 rings (SSSR count). The van der Waals surface area contributed by atoms with Crippen molar-refractivity contribution >= 4 is 57.1 Å². The largest absolute Gasteiger partial charge is 0.291 e. The Balaban J connectivity index is 0.000000128. The highest BCUT2D eigenvalue weighted by Gasteiger charge is 2.46. The van der Waals surface area contributed by atoms with Gasteiger partial charge in [0.2, 0.25) is 0 Å². The second-order valence-electron chi connectivity index (χ2n) is 19.1. The van der Waals surface area contributed by atoms with Gasteiger partial charge in [0, 0.05) is 121 Å². The SMILES string of the molecule is CC1=NC(C)(C)C1.CC1=NC(C)C1.CC1=NC2(C1)CC(C(C)C)=N2.CC1=NC2(C1)CC(C(C)C)=N2.CCC1=NC2(CC(C)=N2)C1.CCC1=NC2(CC(C)=N2)C1. The van der Waals surface area contributed by atoms with Crippen LogP contribution in [0.1, 0.15) is 181 Å². The molecule has 0 radical (unpaired) electrons. The molecule has 302 valence electrons. The third-order valence-corrected chi connectivity index (χ3v) is 11.5. The van der Waals surface area contributed by atoms with Gasteiger partial charge in [-0.25, -0.2) is 0 Å². The van der Waals surface area contributed by atoms with Crippen LogP contribution >= 0.6 is 0 Å². The van der Waals surface area contributed by atoms with E-state index in [4.69, 9.17) is 0 Å². The van der Waals surface area contributed by atoms with Crippen molar-refractivity contribution in [2.24, 2.45) is 61.8 Å². The zero-order valence-electron chi connectivity index (χ0n) is 37.2. The van der Waals surface area contributed by atoms with Gasteiger partial charge in [0.05, 0.1) is 11.6 Å². The van der Waals surface area contributed by atoms with Crippen LogP contribution in [0.3, 0.4) is 0 Å². The lowest BCUT2D eigenvalue weighted by molar-refractivity contribution is 0.388. The first-order chi connectivity index (χ1) is 25.6. The molecule has 0 bridgehead atoms. The summed E-state index contributed by atoms with van der Waals surface area (Å²) in [5.41, 5.74) is 13.5. The Bertz CT molecular complexity index is 1710. The summed E-state index contributed by atoms with van der Waals surface area (Å²) in [6, 6.07) is 0.630. The van der Waals surface area contributed by atoms with Gasteiger partial charge in [0.25, 0.3) is 0 Å². The van der Waals surface area contributed by atoms with Crippen molar-refractivity contribution in [3.63, 3.8) is 0 Å². The number of rotatable bonds is 4. The zero-order valence-corrected chi connectivity index (χ0v) is 37.2. The lowest BCUT2D eigenvalue weighted by Gasteiger charge is -2.42. The highest BCUT2D eigenvalue weighted by atomic mass is 15.2. The normalized spacial score (nSPS) is 33.7. The van der Waals surface area contributed by atoms with Crippen LogP contribution in [0.2, 0.25) is 0 Å². The Morgan fingerprint density at radius 3 is 0.836 bits per heavy atom. The topological polar surface area (TPSA) is 124 Å². The maximum atomic E-state index is 4.54. The molecule has 0 aromatic carbocycles. The third kappa shape index (κ3) is 10.6. The summed E-state index contributed by atoms with van der Waals surface area (Å²) in [7, 11) is 0. The molecule has 10 heteroatoms. The fraction of sp³-hybridized carbons (Fsp3) is 0.778. The first-order valence-corrected chi connectivity index (χ1v) is 21.2. The van der Waals surface area contributed by atoms with Crippen molar-refractivity contribution < 1.29 is 0 Å². The van der Waals surface area contributed by atoms with Crippen molar-refractivity contribution in [1.29, 1.82) is 0 Å². The molecule has 0 aromatic rings. The summed E-state index contributed by atoms with van der Waals surface area (Å²) in [6.07, 6.45) is 13.5. The Labute approximate surface area is 333 Å². The quantitative estimate of drug-likeness (QED) is 0.271. The van der Waals surface area contributed by atoms with E-state index in [1.54, 1.807) is 0 Å². The number of hydrogen-bond donors (Lipinski definition) is 0. The standard InChI is InChI=1S/2C9H14N2.2C8H12N2.C6H11N.C5H9N/c2*1-6(2)8-5-9(11-8)4-7(3)10-9;2*1-3-7-5-8(10-7)4-6(2)9-8;1-5-4-6(2,3)7-5;1-4-3-5(2)6-4/h2*6H,4-5H2,1-3H3;2*3-5H2,1-2H3;4H2,1-3H3;4H,3H2,1-2H3. The molecular weight excluding hydrogens is 681 g/mol. The molecule has 0 N–H and O–H groups in total. The van der Waals surface area contributed by atoms with Gasteiger partial charge in [0.1, 0.15) is 0 Å². The average Bonchev–Trinajstić information content (AvgIpc) is 2.93. The predicted molar refractivity (Wildman–Crippen MR) is 239 cm³/mol. The van der Waals surface area contributed by atoms with Crippen LogP contribution in [0.15, 0.2) is 49.9 Å². The van der Waals surface area contributed by atoms with Gasteiger partial charge in [-0.15, -0.1) is 0 Å². The third-order valence-electron chi connectivity index (χ3n) is 11.5. The maximum absolute atomic E-state index is 4.54. The first kappa shape index (κ1) is 42.8. The fourth-order valence-electron chi connectivity index (χ4n) is 8.98. The number of hydrogen-bond acceptors (Lipinski definition) is 10. The minimum atomic E-state index is 0.0453. The summed E-state index contributed by atoms with van der Waals surface area (Å²) in [5.74, 6) is 1.24. The van der Waals surface area contributed by atoms with Gasteiger partial charge < -0.3 is 0 Å². The van der Waals surface area contributed by atoms with E-state index in [9.17, 15) is 0 Å². The molecule has 0 amide bonds. The van der Waals surface area contributed by atoms with E-state index in [0.29, 0.717) is 17.9 Å². The van der Waals surface area contributed by atoms with Gasteiger partial charge in [-0.05, 0) is 87.0 Å². The molecule has 55 heavy (non-hydrogen) atoms. The molecule has 5 unspecified atom stereocenters. The summed E-state index contributed by atoms with van der Waals surface area (Å²) in [4.78, 5) is 44.0. The van der Waals surface area contributed by atoms with Crippen molar-refractivity contribution in [1.82, 2.24) is 0 Å². The molecule has 0 saturated heterocycles. The second-order valence-corrected chi connectivity index (χ2v) is 19.1. The monoisotopic (exact) mass is 753 g/mol. The highest BCUT2D eigenvalue weighted by molar-refractivity contribution is 6.00. The van der Waals surface area contributed by atoms with Crippen LogP contribution in [0.4, 0.5) is 0 Å². The molecule has 10 heterocycles. The van der Waals surface area contributed by atoms with Crippen molar-refractivity contribution in [2.75, 3.05) is 0 Å². The smallest absolute Gasteiger partial charge is 0.160 e. The van der Waals surface area contributed by atoms with Crippen molar-refractivity contribution in [3.8, 4) is 0 Å². The van der Waals surface area contributed by atoms with Gasteiger partial charge in [-0.3, -0.25) is 49.9 Å².